The number of nitrogens with zero attached hydrogens (tertiary/aromatic N) is 2. The average molecular weight is 1160 g/mol. The van der Waals surface area contributed by atoms with Crippen molar-refractivity contribution in [2.24, 2.45) is 5.73 Å². The number of anilines is 3. The summed E-state index contributed by atoms with van der Waals surface area (Å²) >= 11 is 3.76. The number of H-pyrrole nitrogens is 1. The van der Waals surface area contributed by atoms with Gasteiger partial charge < -0.3 is 45.3 Å². The lowest BCUT2D eigenvalue weighted by molar-refractivity contribution is 0.0153. The van der Waals surface area contributed by atoms with Gasteiger partial charge in [0.25, 0.3) is 11.8 Å². The minimum Gasteiger partial charge on any atom is -0.506 e. The number of rotatable bonds is 19. The summed E-state index contributed by atoms with van der Waals surface area (Å²) < 4.78 is 47.1. The van der Waals surface area contributed by atoms with Gasteiger partial charge in [-0.15, -0.1) is 23.5 Å². The van der Waals surface area contributed by atoms with Crippen LogP contribution in [0.15, 0.2) is 130 Å². The van der Waals surface area contributed by atoms with E-state index in [0.29, 0.717) is 57.5 Å². The molecule has 1 aliphatic heterocycles. The second-order valence-corrected chi connectivity index (χ2v) is 32.2. The van der Waals surface area contributed by atoms with Crippen molar-refractivity contribution >= 4 is 98.5 Å². The van der Waals surface area contributed by atoms with E-state index < -0.39 is 47.8 Å². The van der Waals surface area contributed by atoms with E-state index >= 15 is 0 Å². The number of hydrogen-bond acceptors (Lipinski definition) is 14. The van der Waals surface area contributed by atoms with Gasteiger partial charge in [0.15, 0.2) is 8.32 Å². The molecule has 16 nitrogen and oxygen atoms in total. The lowest BCUT2D eigenvalue weighted by atomic mass is 10.0. The third kappa shape index (κ3) is 13.3. The molecule has 2 aromatic heterocycles. The molecule has 6 N–H and O–H groups in total. The number of benzene rings is 5. The molecule has 1 unspecified atom stereocenters. The molecule has 422 valence electrons. The van der Waals surface area contributed by atoms with Crippen molar-refractivity contribution in [2.45, 2.75) is 111 Å². The number of aryl methyl sites for hydroxylation is 1. The number of pyridine rings is 2. The summed E-state index contributed by atoms with van der Waals surface area (Å²) in [6.07, 6.45) is 2.54. The van der Waals surface area contributed by atoms with Crippen LogP contribution in [-0.2, 0) is 23.1 Å². The maximum absolute atomic E-state index is 14.4. The Labute approximate surface area is 477 Å². The van der Waals surface area contributed by atoms with Gasteiger partial charge in [-0.2, -0.15) is 0 Å². The molecule has 5 aromatic carbocycles. The second-order valence-electron chi connectivity index (χ2n) is 22.5. The Bertz CT molecular complexity index is 3650. The Kier molecular flexibility index (Phi) is 17.6. The van der Waals surface area contributed by atoms with Crippen LogP contribution in [0, 0.1) is 6.92 Å². The Morgan fingerprint density at radius 3 is 2.26 bits per heavy atom. The third-order valence-electron chi connectivity index (χ3n) is 14.5. The molecule has 0 aliphatic carbocycles. The fraction of sp³-hybridized carbons (Fsp3) is 0.350. The normalized spacial score (nSPS) is 14.2. The second kappa shape index (κ2) is 23.7. The van der Waals surface area contributed by atoms with Crippen molar-refractivity contribution < 1.29 is 41.8 Å². The van der Waals surface area contributed by atoms with Crippen LogP contribution in [0.2, 0.25) is 18.1 Å². The van der Waals surface area contributed by atoms with Crippen molar-refractivity contribution in [3.63, 3.8) is 0 Å². The van der Waals surface area contributed by atoms with E-state index in [2.05, 4.69) is 54.5 Å². The highest BCUT2D eigenvalue weighted by Crippen LogP contribution is 2.55. The molecule has 0 bridgehead atoms. The Hall–Kier alpha value is -6.84. The first-order valence-electron chi connectivity index (χ1n) is 26.4. The van der Waals surface area contributed by atoms with Crippen LogP contribution in [0.3, 0.4) is 0 Å². The molecule has 1 aliphatic rings. The van der Waals surface area contributed by atoms with Crippen LogP contribution in [0.5, 0.6) is 11.5 Å². The zero-order valence-electron chi connectivity index (χ0n) is 46.8. The molecule has 20 heteroatoms. The number of ether oxygens (including phenoxy) is 2. The van der Waals surface area contributed by atoms with Gasteiger partial charge >= 0.3 is 6.09 Å². The van der Waals surface area contributed by atoms with Crippen LogP contribution in [0.1, 0.15) is 104 Å². The van der Waals surface area contributed by atoms with Crippen molar-refractivity contribution in [2.75, 3.05) is 42.3 Å². The highest BCUT2D eigenvalue weighted by atomic mass is 32.2. The highest BCUT2D eigenvalue weighted by molar-refractivity contribution is 8.20. The molecule has 3 amide bonds. The molecular weight excluding hydrogens is 1090 g/mol. The summed E-state index contributed by atoms with van der Waals surface area (Å²) in [5.41, 5.74) is 9.43. The van der Waals surface area contributed by atoms with Gasteiger partial charge in [0.05, 0.1) is 55.9 Å². The Morgan fingerprint density at radius 1 is 0.875 bits per heavy atom. The lowest BCUT2D eigenvalue weighted by Crippen LogP contribution is -2.46. The number of methoxy groups -OCH3 is 1. The monoisotopic (exact) mass is 1160 g/mol. The summed E-state index contributed by atoms with van der Waals surface area (Å²) in [5.74, 6) is 1.16. The number of unbranched alkanes of at least 4 members (excludes halogenated alkanes) is 1. The van der Waals surface area contributed by atoms with Crippen molar-refractivity contribution in [3.8, 4) is 11.5 Å². The Morgan fingerprint density at radius 2 is 1.59 bits per heavy atom. The number of phenols is 1. The maximum atomic E-state index is 14.4. The third-order valence-corrected chi connectivity index (χ3v) is 24.3. The molecular formula is C60H70N6O10S3Si. The van der Waals surface area contributed by atoms with E-state index in [-0.39, 0.29) is 53.6 Å². The number of thioether (sulfide) groups is 2. The number of nitrogens with one attached hydrogen (secondary N) is 3. The molecule has 0 radical (unpaired) electrons. The van der Waals surface area contributed by atoms with E-state index in [4.69, 9.17) is 19.6 Å². The number of primary amides is 1. The molecule has 8 rings (SSSR count). The molecule has 0 saturated carbocycles. The number of sulfone groups is 1. The zero-order valence-corrected chi connectivity index (χ0v) is 50.3. The molecule has 1 fully saturated rings. The molecule has 0 spiro atoms. The van der Waals surface area contributed by atoms with Gasteiger partial charge in [0.1, 0.15) is 17.1 Å². The number of carbonyl (C=O) groups is 3. The number of aromatic hydroxyl groups is 1. The molecule has 1 atom stereocenters. The number of nitrogens with two attached hydrogens (primary N) is 1. The number of aromatic amines is 1. The van der Waals surface area contributed by atoms with Gasteiger partial charge in [-0.05, 0) is 149 Å². The number of carbonyl (C=O) groups excluding carboxylic acids is 3. The predicted molar refractivity (Wildman–Crippen MR) is 323 cm³/mol. The van der Waals surface area contributed by atoms with Crippen LogP contribution < -0.4 is 26.7 Å². The fourth-order valence-corrected chi connectivity index (χ4v) is 15.4. The number of phenolic OH excluding ortho intramolecular Hbond substituents is 1. The van der Waals surface area contributed by atoms with Crippen molar-refractivity contribution in [3.05, 3.63) is 154 Å². The van der Waals surface area contributed by atoms with E-state index in [9.17, 15) is 32.7 Å². The van der Waals surface area contributed by atoms with Crippen molar-refractivity contribution in [1.82, 2.24) is 14.9 Å². The molecule has 3 heterocycles. The molecule has 1 saturated heterocycles. The topological polar surface area (TPSA) is 232 Å². The summed E-state index contributed by atoms with van der Waals surface area (Å²) in [6.45, 7) is 18.6. The molecule has 7 aromatic rings. The predicted octanol–water partition coefficient (Wildman–Crippen LogP) is 12.8. The zero-order chi connectivity index (χ0) is 58.0. The fourth-order valence-electron chi connectivity index (χ4n) is 9.35. The largest absolute Gasteiger partial charge is 0.506 e. The number of fused-ring (bicyclic) bond motifs is 2. The highest BCUT2D eigenvalue weighted by Gasteiger charge is 2.41. The summed E-state index contributed by atoms with van der Waals surface area (Å²) in [5, 5.41) is 17.8. The van der Waals surface area contributed by atoms with Gasteiger partial charge in [-0.25, -0.2) is 13.2 Å². The number of amides is 3. The number of aromatic nitrogens is 2. The van der Waals surface area contributed by atoms with Gasteiger partial charge in [0.2, 0.25) is 15.4 Å². The lowest BCUT2D eigenvalue weighted by Gasteiger charge is -2.41. The standard InChI is InChI=1S/C60H70N6O10S3Si/c1-37-31-44(34-47-52(37)62-35-48(55(61)69)53(47)63-41-16-14-17-42(33-41)74-8)79(72,73)43-18-13-15-38(32-43)56(70)64-40-21-19-39(20-22-40)60(77-29-30-78-60)27-11-12-28-66(57(71)75-58(2,3)4)36-50(76-80(9,10)59(5,6)7)45-23-25-49(67)54-46(45)24-26-51(68)65-54/h13-26,31-35,50,67H,11-12,27-30,36H2,1-10H3,(H2,61,69)(H,62,63)(H,64,70)(H,65,68). The van der Waals surface area contributed by atoms with E-state index in [1.54, 1.807) is 60.4 Å². The van der Waals surface area contributed by atoms with Gasteiger partial charge in [-0.3, -0.25) is 19.4 Å². The van der Waals surface area contributed by atoms with Crippen LogP contribution in [0.4, 0.5) is 21.9 Å². The minimum atomic E-state index is -4.23. The molecule has 80 heavy (non-hydrogen) atoms. The minimum absolute atomic E-state index is 0.0592. The van der Waals surface area contributed by atoms with Crippen LogP contribution in [0.25, 0.3) is 21.8 Å². The van der Waals surface area contributed by atoms with Crippen LogP contribution in [-0.4, -0.2) is 91.9 Å². The summed E-state index contributed by atoms with van der Waals surface area (Å²) in [4.78, 5) is 61.9. The van der Waals surface area contributed by atoms with Gasteiger partial charge in [-0.1, -0.05) is 51.1 Å². The first-order chi connectivity index (χ1) is 37.7. The average Bonchev–Trinajstić information content (AvgIpc) is 4.02. The quantitative estimate of drug-likeness (QED) is 0.0375. The summed E-state index contributed by atoms with van der Waals surface area (Å²) in [7, 11) is -5.16. The SMILES string of the molecule is COc1cccc(Nc2c(C(N)=O)cnc3c(C)cc(S(=O)(=O)c4cccc(C(=O)Nc5ccc(C6(CCCCN(CC(O[Si](C)(C)C(C)(C)C)c7ccc(O)c8[nH]c(=O)ccc78)C(=O)OC(C)(C)C)SCCS6)cc5)c4)cc23)c1. The Balaban J connectivity index is 0.979. The van der Waals surface area contributed by atoms with E-state index in [1.165, 1.54) is 49.7 Å². The number of hydrogen-bond donors (Lipinski definition) is 5. The van der Waals surface area contributed by atoms with Crippen LogP contribution >= 0.6 is 23.5 Å². The maximum Gasteiger partial charge on any atom is 0.410 e. The van der Waals surface area contributed by atoms with Crippen molar-refractivity contribution in [1.29, 1.82) is 0 Å². The first-order valence-corrected chi connectivity index (χ1v) is 32.7. The van der Waals surface area contributed by atoms with Gasteiger partial charge in [0, 0.05) is 64.1 Å². The van der Waals surface area contributed by atoms with E-state index in [0.717, 1.165) is 35.5 Å². The van der Waals surface area contributed by atoms with E-state index in [1.807, 2.05) is 68.6 Å². The summed E-state index contributed by atoms with van der Waals surface area (Å²) in [6, 6.07) is 30.1. The smallest absolute Gasteiger partial charge is 0.410 e. The first kappa shape index (κ1) is 59.3.